The van der Waals surface area contributed by atoms with Crippen LogP contribution in [0.5, 0.6) is 0 Å². The van der Waals surface area contributed by atoms with Gasteiger partial charge in [0.25, 0.3) is 17.1 Å². The summed E-state index contributed by atoms with van der Waals surface area (Å²) in [6, 6.07) is 10.3. The van der Waals surface area contributed by atoms with Crippen LogP contribution >= 0.6 is 11.8 Å². The maximum atomic E-state index is 12.5. The van der Waals surface area contributed by atoms with E-state index in [1.807, 2.05) is 0 Å². The van der Waals surface area contributed by atoms with Gasteiger partial charge in [0.1, 0.15) is 0 Å². The van der Waals surface area contributed by atoms with Crippen LogP contribution in [-0.4, -0.2) is 17.1 Å². The van der Waals surface area contributed by atoms with Crippen LogP contribution in [-0.2, 0) is 11.0 Å². The van der Waals surface area contributed by atoms with Gasteiger partial charge in [0, 0.05) is 11.3 Å². The molecule has 0 unspecified atom stereocenters. The second-order valence-corrected chi connectivity index (χ2v) is 6.52. The third-order valence-corrected chi connectivity index (χ3v) is 4.39. The number of hydrogen-bond acceptors (Lipinski definition) is 4. The lowest BCUT2D eigenvalue weighted by Crippen LogP contribution is -2.17. The fourth-order valence-electron chi connectivity index (χ4n) is 2.25. The molecule has 0 bridgehead atoms. The van der Waals surface area contributed by atoms with E-state index in [0.717, 1.165) is 23.9 Å². The number of halogens is 3. The van der Waals surface area contributed by atoms with Crippen molar-refractivity contribution < 1.29 is 27.6 Å². The summed E-state index contributed by atoms with van der Waals surface area (Å²) in [6.07, 6.45) is -2.92. The van der Waals surface area contributed by atoms with E-state index in [9.17, 15) is 27.6 Å². The minimum atomic E-state index is -4.44. The molecule has 0 saturated carbocycles. The van der Waals surface area contributed by atoms with Crippen molar-refractivity contribution in [1.29, 1.82) is 0 Å². The summed E-state index contributed by atoms with van der Waals surface area (Å²) in [6.45, 7) is 0. The highest BCUT2D eigenvalue weighted by Gasteiger charge is 2.30. The van der Waals surface area contributed by atoms with Crippen molar-refractivity contribution in [3.8, 4) is 0 Å². The number of alkyl halides is 3. The van der Waals surface area contributed by atoms with Crippen molar-refractivity contribution in [2.24, 2.45) is 0 Å². The van der Waals surface area contributed by atoms with Gasteiger partial charge in [0.2, 0.25) is 0 Å². The summed E-state index contributed by atoms with van der Waals surface area (Å²) in [7, 11) is 0. The zero-order valence-corrected chi connectivity index (χ0v) is 14.3. The van der Waals surface area contributed by atoms with E-state index in [2.05, 4.69) is 10.6 Å². The molecule has 2 N–H and O–H groups in total. The van der Waals surface area contributed by atoms with Crippen molar-refractivity contribution in [3.05, 3.63) is 70.1 Å². The molecule has 3 rings (SSSR count). The van der Waals surface area contributed by atoms with Gasteiger partial charge in [0.05, 0.1) is 10.5 Å². The second-order valence-electron chi connectivity index (χ2n) is 5.50. The van der Waals surface area contributed by atoms with E-state index in [-0.39, 0.29) is 16.2 Å². The Bertz CT molecular complexity index is 936. The number of nitrogens with one attached hydrogen (secondary N) is 2. The quantitative estimate of drug-likeness (QED) is 0.765. The molecule has 1 fully saturated rings. The number of benzene rings is 2. The Kier molecular flexibility index (Phi) is 5.04. The minimum Gasteiger partial charge on any atom is -0.322 e. The first-order valence-corrected chi connectivity index (χ1v) is 8.37. The Morgan fingerprint density at radius 1 is 1.00 bits per heavy atom. The smallest absolute Gasteiger partial charge is 0.322 e. The Balaban J connectivity index is 1.68. The average molecular weight is 392 g/mol. The first kappa shape index (κ1) is 18.7. The number of anilines is 1. The van der Waals surface area contributed by atoms with Crippen LogP contribution in [0.15, 0.2) is 53.4 Å². The molecule has 9 heteroatoms. The zero-order valence-electron chi connectivity index (χ0n) is 13.5. The molecule has 2 aromatic rings. The summed E-state index contributed by atoms with van der Waals surface area (Å²) >= 11 is 0.786. The van der Waals surface area contributed by atoms with Crippen molar-refractivity contribution >= 4 is 40.6 Å². The highest BCUT2D eigenvalue weighted by Crippen LogP contribution is 2.30. The Morgan fingerprint density at radius 3 is 2.15 bits per heavy atom. The fraction of sp³-hybridized carbons (Fsp3) is 0.0556. The summed E-state index contributed by atoms with van der Waals surface area (Å²) in [5.74, 6) is -0.966. The van der Waals surface area contributed by atoms with Crippen LogP contribution in [0.25, 0.3) is 6.08 Å². The molecule has 0 radical (unpaired) electrons. The van der Waals surface area contributed by atoms with Gasteiger partial charge < -0.3 is 5.32 Å². The molecule has 0 aromatic heterocycles. The summed E-state index contributed by atoms with van der Waals surface area (Å²) < 4.78 is 37.6. The van der Waals surface area contributed by atoms with Gasteiger partial charge in [-0.1, -0.05) is 12.1 Å². The van der Waals surface area contributed by atoms with E-state index in [4.69, 9.17) is 0 Å². The Morgan fingerprint density at radius 2 is 1.63 bits per heavy atom. The predicted molar refractivity (Wildman–Crippen MR) is 94.9 cm³/mol. The van der Waals surface area contributed by atoms with E-state index in [0.29, 0.717) is 5.56 Å². The van der Waals surface area contributed by atoms with Crippen LogP contribution in [0.2, 0.25) is 0 Å². The normalized spacial score (nSPS) is 15.7. The van der Waals surface area contributed by atoms with Gasteiger partial charge in [-0.15, -0.1) is 0 Å². The lowest BCUT2D eigenvalue weighted by atomic mass is 10.1. The van der Waals surface area contributed by atoms with E-state index in [1.54, 1.807) is 12.1 Å². The summed E-state index contributed by atoms with van der Waals surface area (Å²) in [5.41, 5.74) is 0.340. The maximum absolute atomic E-state index is 12.5. The lowest BCUT2D eigenvalue weighted by molar-refractivity contribution is -0.137. The molecule has 5 nitrogen and oxygen atoms in total. The van der Waals surface area contributed by atoms with Crippen LogP contribution < -0.4 is 10.6 Å². The second kappa shape index (κ2) is 7.28. The number of thioether (sulfide) groups is 1. The zero-order chi connectivity index (χ0) is 19.6. The molecule has 138 valence electrons. The molecule has 1 aliphatic heterocycles. The van der Waals surface area contributed by atoms with Crippen LogP contribution in [0.1, 0.15) is 21.5 Å². The molecule has 3 amide bonds. The molecule has 1 aliphatic rings. The topological polar surface area (TPSA) is 75.3 Å². The van der Waals surface area contributed by atoms with Crippen molar-refractivity contribution in [1.82, 2.24) is 5.32 Å². The minimum absolute atomic E-state index is 0.233. The molecule has 1 saturated heterocycles. The third kappa shape index (κ3) is 4.56. The van der Waals surface area contributed by atoms with Gasteiger partial charge in [-0.05, 0) is 59.8 Å². The van der Waals surface area contributed by atoms with Crippen LogP contribution in [0.3, 0.4) is 0 Å². The number of imide groups is 1. The summed E-state index contributed by atoms with van der Waals surface area (Å²) in [5, 5.41) is 4.20. The first-order chi connectivity index (χ1) is 12.7. The molecule has 2 aromatic carbocycles. The fourth-order valence-corrected chi connectivity index (χ4v) is 2.93. The van der Waals surface area contributed by atoms with E-state index >= 15 is 0 Å². The van der Waals surface area contributed by atoms with Crippen LogP contribution in [0, 0.1) is 0 Å². The molecule has 0 spiro atoms. The van der Waals surface area contributed by atoms with E-state index in [1.165, 1.54) is 30.3 Å². The number of amides is 3. The number of hydrogen-bond donors (Lipinski definition) is 2. The largest absolute Gasteiger partial charge is 0.416 e. The van der Waals surface area contributed by atoms with Gasteiger partial charge in [0.15, 0.2) is 0 Å². The number of carbonyl (C=O) groups is 3. The SMILES string of the molecule is O=C1NC(=O)/C(=C/c2ccc(C(=O)Nc3ccc(C(F)(F)F)cc3)cc2)S1. The maximum Gasteiger partial charge on any atom is 0.416 e. The highest BCUT2D eigenvalue weighted by atomic mass is 32.2. The standard InChI is InChI=1S/C18H11F3N2O3S/c19-18(20,21)12-5-7-13(8-6-12)22-15(24)11-3-1-10(2-4-11)9-14-16(25)23-17(26)27-14/h1-9H,(H,22,24)(H,23,25,26)/b14-9-. The molecular weight excluding hydrogens is 381 g/mol. The molecule has 0 aliphatic carbocycles. The average Bonchev–Trinajstić information content (AvgIpc) is 2.92. The van der Waals surface area contributed by atoms with Crippen molar-refractivity contribution in [2.45, 2.75) is 6.18 Å². The number of carbonyl (C=O) groups excluding carboxylic acids is 3. The predicted octanol–water partition coefficient (Wildman–Crippen LogP) is 4.28. The Labute approximate surface area is 155 Å². The molecule has 0 atom stereocenters. The molecular formula is C18H11F3N2O3S. The van der Waals surface area contributed by atoms with Crippen molar-refractivity contribution in [2.75, 3.05) is 5.32 Å². The molecule has 1 heterocycles. The van der Waals surface area contributed by atoms with Gasteiger partial charge in [-0.2, -0.15) is 13.2 Å². The number of rotatable bonds is 3. The Hall–Kier alpha value is -3.07. The van der Waals surface area contributed by atoms with Crippen molar-refractivity contribution in [3.63, 3.8) is 0 Å². The first-order valence-electron chi connectivity index (χ1n) is 7.56. The summed E-state index contributed by atoms with van der Waals surface area (Å²) in [4.78, 5) is 35.1. The monoisotopic (exact) mass is 392 g/mol. The van der Waals surface area contributed by atoms with Gasteiger partial charge in [-0.3, -0.25) is 19.7 Å². The third-order valence-electron chi connectivity index (χ3n) is 3.58. The lowest BCUT2D eigenvalue weighted by Gasteiger charge is -2.09. The van der Waals surface area contributed by atoms with Crippen LogP contribution in [0.4, 0.5) is 23.7 Å². The van der Waals surface area contributed by atoms with Gasteiger partial charge >= 0.3 is 6.18 Å². The molecule has 27 heavy (non-hydrogen) atoms. The van der Waals surface area contributed by atoms with Gasteiger partial charge in [-0.25, -0.2) is 0 Å². The van der Waals surface area contributed by atoms with E-state index < -0.39 is 28.8 Å². The highest BCUT2D eigenvalue weighted by molar-refractivity contribution is 8.18.